The summed E-state index contributed by atoms with van der Waals surface area (Å²) in [7, 11) is 0. The Hall–Kier alpha value is -0.810. The molecule has 0 spiro atoms. The van der Waals surface area contributed by atoms with Crippen molar-refractivity contribution in [3.05, 3.63) is 0 Å². The van der Waals surface area contributed by atoms with Crippen LogP contribution in [0.15, 0.2) is 0 Å². The zero-order valence-electron chi connectivity index (χ0n) is 15.8. The third-order valence-electron chi connectivity index (χ3n) is 2.90. The third kappa shape index (κ3) is 23.2. The normalized spacial score (nSPS) is 11.1. The van der Waals surface area contributed by atoms with Crippen molar-refractivity contribution in [2.24, 2.45) is 0 Å². The first-order valence-corrected chi connectivity index (χ1v) is 9.03. The monoisotopic (exact) mass is 382 g/mol. The van der Waals surface area contributed by atoms with Crippen LogP contribution >= 0.6 is 0 Å². The fraction of sp³-hybridized carbons (Fsp3) is 0.941. The number of aliphatic carboxylic acids is 1. The van der Waals surface area contributed by atoms with E-state index < -0.39 is 5.97 Å². The zero-order valence-corrected chi connectivity index (χ0v) is 15.8. The van der Waals surface area contributed by atoms with E-state index >= 15 is 0 Å². The molecule has 1 N–H and O–H groups in total. The fourth-order valence-electron chi connectivity index (χ4n) is 1.62. The molecular formula is C17H34O9. The highest BCUT2D eigenvalue weighted by Gasteiger charge is 1.96. The molecule has 0 fully saturated rings. The predicted octanol–water partition coefficient (Wildman–Crippen LogP) is 0.597. The highest BCUT2D eigenvalue weighted by Crippen LogP contribution is 1.86. The number of hydrogen-bond donors (Lipinski definition) is 1. The van der Waals surface area contributed by atoms with E-state index in [1.54, 1.807) is 0 Å². The van der Waals surface area contributed by atoms with Gasteiger partial charge in [0.25, 0.3) is 0 Å². The molecule has 0 aromatic carbocycles. The van der Waals surface area contributed by atoms with Gasteiger partial charge in [-0.15, -0.1) is 0 Å². The molecule has 0 aliphatic carbocycles. The van der Waals surface area contributed by atoms with Crippen LogP contribution in [0, 0.1) is 0 Å². The van der Waals surface area contributed by atoms with Gasteiger partial charge < -0.3 is 38.3 Å². The van der Waals surface area contributed by atoms with Gasteiger partial charge in [-0.1, -0.05) is 0 Å². The Balaban J connectivity index is 2.98. The molecule has 0 aliphatic rings. The largest absolute Gasteiger partial charge is 0.481 e. The molecule has 0 aromatic rings. The first-order chi connectivity index (χ1) is 12.8. The molecule has 0 saturated carbocycles. The lowest BCUT2D eigenvalue weighted by Gasteiger charge is -2.08. The Kier molecular flexibility index (Phi) is 21.5. The van der Waals surface area contributed by atoms with Crippen LogP contribution in [0.3, 0.4) is 0 Å². The molecular weight excluding hydrogens is 348 g/mol. The molecule has 0 rings (SSSR count). The van der Waals surface area contributed by atoms with Gasteiger partial charge in [-0.2, -0.15) is 0 Å². The number of ether oxygens (including phenoxy) is 7. The number of carboxylic acids is 1. The van der Waals surface area contributed by atoms with Crippen LogP contribution in [0.1, 0.15) is 13.3 Å². The van der Waals surface area contributed by atoms with E-state index in [9.17, 15) is 4.79 Å². The van der Waals surface area contributed by atoms with Crippen molar-refractivity contribution in [1.82, 2.24) is 0 Å². The molecule has 0 amide bonds. The van der Waals surface area contributed by atoms with Gasteiger partial charge in [0.2, 0.25) is 0 Å². The summed E-state index contributed by atoms with van der Waals surface area (Å²) in [6.07, 6.45) is 0.0103. The van der Waals surface area contributed by atoms with E-state index in [2.05, 4.69) is 0 Å². The molecule has 156 valence electrons. The SMILES string of the molecule is CCOCCOCCOCCOCCOCCOCCOCCC(=O)O. The van der Waals surface area contributed by atoms with Crippen LogP contribution in [0.4, 0.5) is 0 Å². The van der Waals surface area contributed by atoms with E-state index in [4.69, 9.17) is 38.3 Å². The molecule has 0 radical (unpaired) electrons. The Morgan fingerprint density at radius 2 is 0.808 bits per heavy atom. The van der Waals surface area contributed by atoms with Crippen LogP contribution in [-0.2, 0) is 38.0 Å². The minimum atomic E-state index is -0.865. The molecule has 26 heavy (non-hydrogen) atoms. The lowest BCUT2D eigenvalue weighted by atomic mass is 10.5. The summed E-state index contributed by atoms with van der Waals surface area (Å²) in [4.78, 5) is 10.2. The fourth-order valence-corrected chi connectivity index (χ4v) is 1.62. The molecule has 9 nitrogen and oxygen atoms in total. The maximum atomic E-state index is 10.2. The summed E-state index contributed by atoms with van der Waals surface area (Å²) in [6.45, 7) is 8.98. The van der Waals surface area contributed by atoms with Crippen molar-refractivity contribution < 1.29 is 43.1 Å². The number of carbonyl (C=O) groups is 1. The van der Waals surface area contributed by atoms with Crippen LogP contribution in [0.25, 0.3) is 0 Å². The van der Waals surface area contributed by atoms with Gasteiger partial charge in [-0.3, -0.25) is 4.79 Å². The van der Waals surface area contributed by atoms with Gasteiger partial charge in [0.1, 0.15) is 0 Å². The smallest absolute Gasteiger partial charge is 0.305 e. The maximum absolute atomic E-state index is 10.2. The second-order valence-electron chi connectivity index (χ2n) is 5.01. The Bertz CT molecular complexity index is 289. The summed E-state index contributed by atoms with van der Waals surface area (Å²) in [6, 6.07) is 0. The highest BCUT2D eigenvalue weighted by molar-refractivity contribution is 5.66. The summed E-state index contributed by atoms with van der Waals surface area (Å²) in [5.41, 5.74) is 0. The van der Waals surface area contributed by atoms with Crippen molar-refractivity contribution >= 4 is 5.97 Å². The Morgan fingerprint density at radius 1 is 0.538 bits per heavy atom. The second kappa shape index (κ2) is 22.2. The van der Waals surface area contributed by atoms with Crippen molar-refractivity contribution in [2.75, 3.05) is 92.5 Å². The standard InChI is InChI=1S/C17H34O9/c1-2-20-5-6-22-9-10-24-13-14-26-16-15-25-12-11-23-8-7-21-4-3-17(18)19/h2-16H2,1H3,(H,18,19). The maximum Gasteiger partial charge on any atom is 0.305 e. The van der Waals surface area contributed by atoms with Crippen molar-refractivity contribution in [2.45, 2.75) is 13.3 Å². The molecule has 0 aliphatic heterocycles. The van der Waals surface area contributed by atoms with Crippen LogP contribution in [0.2, 0.25) is 0 Å². The van der Waals surface area contributed by atoms with Crippen LogP contribution in [-0.4, -0.2) is 104 Å². The quantitative estimate of drug-likeness (QED) is 0.270. The average molecular weight is 382 g/mol. The first kappa shape index (κ1) is 25.2. The van der Waals surface area contributed by atoms with Gasteiger partial charge in [0.15, 0.2) is 0 Å². The second-order valence-corrected chi connectivity index (χ2v) is 5.01. The number of carboxylic acid groups (broad SMARTS) is 1. The molecule has 0 heterocycles. The lowest BCUT2D eigenvalue weighted by Crippen LogP contribution is -2.14. The zero-order chi connectivity index (χ0) is 19.1. The summed E-state index contributed by atoms with van der Waals surface area (Å²) in [5, 5.41) is 8.42. The van der Waals surface area contributed by atoms with E-state index in [1.165, 1.54) is 0 Å². The van der Waals surface area contributed by atoms with Crippen molar-refractivity contribution in [3.63, 3.8) is 0 Å². The minimum Gasteiger partial charge on any atom is -0.481 e. The van der Waals surface area contributed by atoms with Gasteiger partial charge in [0.05, 0.1) is 92.3 Å². The topological polar surface area (TPSA) is 102 Å². The van der Waals surface area contributed by atoms with Gasteiger partial charge >= 0.3 is 5.97 Å². The Labute approximate surface area is 155 Å². The predicted molar refractivity (Wildman–Crippen MR) is 93.7 cm³/mol. The van der Waals surface area contributed by atoms with Gasteiger partial charge in [-0.25, -0.2) is 0 Å². The van der Waals surface area contributed by atoms with Crippen molar-refractivity contribution in [3.8, 4) is 0 Å². The molecule has 0 unspecified atom stereocenters. The third-order valence-corrected chi connectivity index (χ3v) is 2.90. The molecule has 9 heteroatoms. The van der Waals surface area contributed by atoms with E-state index in [-0.39, 0.29) is 13.0 Å². The Morgan fingerprint density at radius 3 is 1.08 bits per heavy atom. The summed E-state index contributed by atoms with van der Waals surface area (Å²) >= 11 is 0. The molecule has 0 atom stereocenters. The lowest BCUT2D eigenvalue weighted by molar-refractivity contribution is -0.138. The van der Waals surface area contributed by atoms with E-state index in [0.717, 1.165) is 0 Å². The van der Waals surface area contributed by atoms with E-state index in [1.807, 2.05) is 6.92 Å². The van der Waals surface area contributed by atoms with Crippen LogP contribution < -0.4 is 0 Å². The van der Waals surface area contributed by atoms with Crippen LogP contribution in [0.5, 0.6) is 0 Å². The molecule has 0 aromatic heterocycles. The van der Waals surface area contributed by atoms with E-state index in [0.29, 0.717) is 85.9 Å². The summed E-state index contributed by atoms with van der Waals surface area (Å²) < 4.78 is 36.9. The van der Waals surface area contributed by atoms with Gasteiger partial charge in [-0.05, 0) is 6.92 Å². The first-order valence-electron chi connectivity index (χ1n) is 9.03. The molecule has 0 bridgehead atoms. The average Bonchev–Trinajstić information content (AvgIpc) is 2.62. The summed E-state index contributed by atoms with van der Waals surface area (Å²) in [5.74, 6) is -0.865. The van der Waals surface area contributed by atoms with Crippen molar-refractivity contribution in [1.29, 1.82) is 0 Å². The minimum absolute atomic E-state index is 0.0103. The van der Waals surface area contributed by atoms with Gasteiger partial charge in [0, 0.05) is 6.61 Å². The number of hydrogen-bond acceptors (Lipinski definition) is 8. The molecule has 0 saturated heterocycles. The number of rotatable bonds is 22. The highest BCUT2D eigenvalue weighted by atomic mass is 16.6.